The Balaban J connectivity index is 1.90. The van der Waals surface area contributed by atoms with Crippen LogP contribution in [0, 0.1) is 0 Å². The number of nitrogens with one attached hydrogen (secondary N) is 1. The summed E-state index contributed by atoms with van der Waals surface area (Å²) in [5, 5.41) is 2.74. The van der Waals surface area contributed by atoms with Gasteiger partial charge in [-0.25, -0.2) is 0 Å². The number of hydrogen-bond donors (Lipinski definition) is 2. The molecule has 0 bridgehead atoms. The molecule has 1 aliphatic heterocycles. The van der Waals surface area contributed by atoms with Crippen molar-refractivity contribution in [3.63, 3.8) is 0 Å². The Kier molecular flexibility index (Phi) is 4.46. The van der Waals surface area contributed by atoms with Gasteiger partial charge in [-0.15, -0.1) is 0 Å². The van der Waals surface area contributed by atoms with Gasteiger partial charge in [-0.2, -0.15) is 0 Å². The summed E-state index contributed by atoms with van der Waals surface area (Å²) in [7, 11) is 0. The highest BCUT2D eigenvalue weighted by Gasteiger charge is 2.17. The van der Waals surface area contributed by atoms with Crippen molar-refractivity contribution in [2.45, 2.75) is 19.8 Å². The molecule has 0 saturated carbocycles. The molecule has 1 aromatic rings. The summed E-state index contributed by atoms with van der Waals surface area (Å²) in [6.07, 6.45) is 1.24. The zero-order chi connectivity index (χ0) is 13.7. The van der Waals surface area contributed by atoms with Crippen molar-refractivity contribution < 1.29 is 19.0 Å². The number of fused-ring (bicyclic) bond motifs is 1. The molecule has 1 heterocycles. The van der Waals surface area contributed by atoms with E-state index < -0.39 is 0 Å². The van der Waals surface area contributed by atoms with Gasteiger partial charge in [0.2, 0.25) is 12.7 Å². The molecule has 19 heavy (non-hydrogen) atoms. The molecule has 0 aromatic heterocycles. The molecule has 104 valence electrons. The van der Waals surface area contributed by atoms with Crippen molar-refractivity contribution in [1.29, 1.82) is 0 Å². The zero-order valence-electron chi connectivity index (χ0n) is 10.9. The molecule has 2 rings (SSSR count). The van der Waals surface area contributed by atoms with Crippen LogP contribution in [0.5, 0.6) is 11.5 Å². The molecular weight excluding hydrogens is 248 g/mol. The molecule has 0 aliphatic carbocycles. The predicted molar refractivity (Wildman–Crippen MR) is 71.3 cm³/mol. The molecule has 0 saturated heterocycles. The van der Waals surface area contributed by atoms with Crippen LogP contribution in [0.25, 0.3) is 0 Å². The second-order valence-corrected chi connectivity index (χ2v) is 4.20. The predicted octanol–water partition coefficient (Wildman–Crippen LogP) is 1.75. The number of hydrogen-bond acceptors (Lipinski definition) is 5. The number of amides is 1. The summed E-state index contributed by atoms with van der Waals surface area (Å²) < 4.78 is 15.7. The lowest BCUT2D eigenvalue weighted by atomic mass is 10.2. The molecule has 1 aliphatic rings. The normalized spacial score (nSPS) is 12.5. The second kappa shape index (κ2) is 6.29. The summed E-state index contributed by atoms with van der Waals surface area (Å²) in [5.74, 6) is 1.05. The summed E-state index contributed by atoms with van der Waals surface area (Å²) in [6, 6.07) is 3.31. The Labute approximate surface area is 111 Å². The van der Waals surface area contributed by atoms with Crippen LogP contribution in [0.3, 0.4) is 0 Å². The van der Waals surface area contributed by atoms with Crippen LogP contribution >= 0.6 is 0 Å². The number of rotatable bonds is 6. The van der Waals surface area contributed by atoms with Crippen LogP contribution in [0.4, 0.5) is 11.4 Å². The van der Waals surface area contributed by atoms with Crippen LogP contribution in [0.15, 0.2) is 12.1 Å². The zero-order valence-corrected chi connectivity index (χ0v) is 10.9. The van der Waals surface area contributed by atoms with Gasteiger partial charge < -0.3 is 25.3 Å². The van der Waals surface area contributed by atoms with E-state index in [1.165, 1.54) is 0 Å². The van der Waals surface area contributed by atoms with Gasteiger partial charge in [-0.1, -0.05) is 6.92 Å². The molecular formula is C13H18N2O4. The number of ether oxygens (including phenoxy) is 3. The molecule has 0 unspecified atom stereocenters. The van der Waals surface area contributed by atoms with Crippen molar-refractivity contribution in [3.8, 4) is 11.5 Å². The van der Waals surface area contributed by atoms with Gasteiger partial charge >= 0.3 is 0 Å². The van der Waals surface area contributed by atoms with Gasteiger partial charge in [0.25, 0.3) is 0 Å². The topological polar surface area (TPSA) is 82.8 Å². The summed E-state index contributed by atoms with van der Waals surface area (Å²) in [4.78, 5) is 11.7. The van der Waals surface area contributed by atoms with Gasteiger partial charge in [0.1, 0.15) is 0 Å². The minimum absolute atomic E-state index is 0.137. The molecule has 6 heteroatoms. The van der Waals surface area contributed by atoms with Gasteiger partial charge in [-0.05, 0) is 6.42 Å². The Bertz CT molecular complexity index is 462. The number of nitrogen functional groups attached to an aromatic ring is 1. The molecule has 3 N–H and O–H groups in total. The van der Waals surface area contributed by atoms with Crippen LogP contribution in [-0.4, -0.2) is 25.9 Å². The van der Waals surface area contributed by atoms with E-state index in [0.29, 0.717) is 42.5 Å². The summed E-state index contributed by atoms with van der Waals surface area (Å²) >= 11 is 0. The maximum Gasteiger partial charge on any atom is 0.231 e. The largest absolute Gasteiger partial charge is 0.454 e. The van der Waals surface area contributed by atoms with Crippen LogP contribution in [-0.2, 0) is 9.53 Å². The summed E-state index contributed by atoms with van der Waals surface area (Å²) in [5.41, 5.74) is 6.82. The third-order valence-electron chi connectivity index (χ3n) is 2.64. The number of nitrogens with two attached hydrogens (primary N) is 1. The third-order valence-corrected chi connectivity index (χ3v) is 2.64. The fourth-order valence-electron chi connectivity index (χ4n) is 1.69. The molecule has 0 atom stereocenters. The fourth-order valence-corrected chi connectivity index (χ4v) is 1.69. The van der Waals surface area contributed by atoms with Gasteiger partial charge in [0, 0.05) is 18.7 Å². The van der Waals surface area contributed by atoms with Crippen molar-refractivity contribution in [2.75, 3.05) is 31.1 Å². The van der Waals surface area contributed by atoms with E-state index >= 15 is 0 Å². The van der Waals surface area contributed by atoms with Crippen LogP contribution < -0.4 is 20.5 Å². The van der Waals surface area contributed by atoms with E-state index in [1.807, 2.05) is 6.92 Å². The van der Waals surface area contributed by atoms with Gasteiger partial charge in [0.05, 0.1) is 24.4 Å². The van der Waals surface area contributed by atoms with Crippen molar-refractivity contribution >= 4 is 17.3 Å². The Morgan fingerprint density at radius 3 is 2.84 bits per heavy atom. The Morgan fingerprint density at radius 2 is 2.11 bits per heavy atom. The third kappa shape index (κ3) is 3.51. The molecule has 1 amide bonds. The van der Waals surface area contributed by atoms with E-state index in [9.17, 15) is 4.79 Å². The van der Waals surface area contributed by atoms with Crippen LogP contribution in [0.2, 0.25) is 0 Å². The number of anilines is 2. The first-order chi connectivity index (χ1) is 9.20. The monoisotopic (exact) mass is 266 g/mol. The average Bonchev–Trinajstić information content (AvgIpc) is 2.82. The maximum absolute atomic E-state index is 11.7. The molecule has 1 aromatic carbocycles. The van der Waals surface area contributed by atoms with E-state index in [2.05, 4.69) is 5.32 Å². The quantitative estimate of drug-likeness (QED) is 0.605. The highest BCUT2D eigenvalue weighted by Crippen LogP contribution is 2.38. The average molecular weight is 266 g/mol. The standard InChI is InChI=1S/C13H18N2O4/c1-2-4-17-5-3-13(16)15-10-7-12-11(6-9(10)14)18-8-19-12/h6-7H,2-5,8,14H2,1H3,(H,15,16). The minimum Gasteiger partial charge on any atom is -0.454 e. The molecule has 0 fully saturated rings. The fraction of sp³-hybridized carbons (Fsp3) is 0.462. The Morgan fingerprint density at radius 1 is 1.37 bits per heavy atom. The summed E-state index contributed by atoms with van der Waals surface area (Å²) in [6.45, 7) is 3.27. The number of carbonyl (C=O) groups is 1. The maximum atomic E-state index is 11.7. The van der Waals surface area contributed by atoms with E-state index in [-0.39, 0.29) is 12.7 Å². The van der Waals surface area contributed by atoms with E-state index in [4.69, 9.17) is 19.9 Å². The van der Waals surface area contributed by atoms with Gasteiger partial charge in [-0.3, -0.25) is 4.79 Å². The highest BCUT2D eigenvalue weighted by atomic mass is 16.7. The molecule has 0 radical (unpaired) electrons. The van der Waals surface area contributed by atoms with E-state index in [0.717, 1.165) is 6.42 Å². The van der Waals surface area contributed by atoms with Crippen LogP contribution in [0.1, 0.15) is 19.8 Å². The highest BCUT2D eigenvalue weighted by molar-refractivity contribution is 5.94. The SMILES string of the molecule is CCCOCCC(=O)Nc1cc2c(cc1N)OCO2. The number of carbonyl (C=O) groups excluding carboxylic acids is 1. The minimum atomic E-state index is -0.137. The van der Waals surface area contributed by atoms with Crippen molar-refractivity contribution in [3.05, 3.63) is 12.1 Å². The lowest BCUT2D eigenvalue weighted by Crippen LogP contribution is -2.15. The Hall–Kier alpha value is -1.95. The lowest BCUT2D eigenvalue weighted by molar-refractivity contribution is -0.117. The van der Waals surface area contributed by atoms with E-state index in [1.54, 1.807) is 12.1 Å². The first kappa shape index (κ1) is 13.5. The lowest BCUT2D eigenvalue weighted by Gasteiger charge is -2.09. The van der Waals surface area contributed by atoms with Crippen molar-refractivity contribution in [1.82, 2.24) is 0 Å². The first-order valence-electron chi connectivity index (χ1n) is 6.27. The van der Waals surface area contributed by atoms with Crippen molar-refractivity contribution in [2.24, 2.45) is 0 Å². The number of benzene rings is 1. The second-order valence-electron chi connectivity index (χ2n) is 4.20. The van der Waals surface area contributed by atoms with Gasteiger partial charge in [0.15, 0.2) is 11.5 Å². The smallest absolute Gasteiger partial charge is 0.231 e. The first-order valence-corrected chi connectivity index (χ1v) is 6.27. The molecule has 6 nitrogen and oxygen atoms in total. The molecule has 0 spiro atoms.